The minimum atomic E-state index is -0.268. The number of nitrogens with zero attached hydrogens (tertiary/aromatic N) is 1. The number of ether oxygens (including phenoxy) is 1. The fraction of sp³-hybridized carbons (Fsp3) is 0.733. The summed E-state index contributed by atoms with van der Waals surface area (Å²) in [5, 5.41) is 4.29. The minimum absolute atomic E-state index is 0.268. The van der Waals surface area contributed by atoms with Crippen molar-refractivity contribution in [1.82, 2.24) is 4.37 Å². The normalized spacial score (nSPS) is 17.8. The lowest BCUT2D eigenvalue weighted by atomic mass is 9.76. The Morgan fingerprint density at radius 1 is 1.40 bits per heavy atom. The van der Waals surface area contributed by atoms with E-state index in [2.05, 4.69) is 16.6 Å². The van der Waals surface area contributed by atoms with Gasteiger partial charge in [0.1, 0.15) is 10.6 Å². The van der Waals surface area contributed by atoms with E-state index < -0.39 is 0 Å². The van der Waals surface area contributed by atoms with Gasteiger partial charge >= 0.3 is 5.97 Å². The van der Waals surface area contributed by atoms with Gasteiger partial charge in [0.2, 0.25) is 0 Å². The number of esters is 1. The zero-order valence-corrected chi connectivity index (χ0v) is 13.4. The van der Waals surface area contributed by atoms with Gasteiger partial charge in [0.05, 0.1) is 12.3 Å². The molecule has 0 atom stereocenters. The fourth-order valence-corrected chi connectivity index (χ4v) is 3.59. The Labute approximate surface area is 125 Å². The van der Waals surface area contributed by atoms with E-state index in [1.54, 1.807) is 0 Å². The molecule has 1 aromatic heterocycles. The second-order valence-corrected chi connectivity index (χ2v) is 6.69. The van der Waals surface area contributed by atoms with Crippen molar-refractivity contribution in [2.24, 2.45) is 5.41 Å². The Kier molecular flexibility index (Phi) is 5.02. The predicted molar refractivity (Wildman–Crippen MR) is 82.5 cm³/mol. The highest BCUT2D eigenvalue weighted by atomic mass is 32.1. The van der Waals surface area contributed by atoms with Gasteiger partial charge < -0.3 is 10.1 Å². The molecule has 112 valence electrons. The van der Waals surface area contributed by atoms with Crippen LogP contribution in [0.15, 0.2) is 0 Å². The molecule has 0 unspecified atom stereocenters. The molecular formula is C15H24N2O2S. The maximum absolute atomic E-state index is 12.0. The number of aromatic nitrogens is 1. The molecule has 0 aliphatic heterocycles. The fourth-order valence-electron chi connectivity index (χ4n) is 2.81. The number of aryl methyl sites for hydroxylation is 1. The second-order valence-electron chi connectivity index (χ2n) is 5.92. The summed E-state index contributed by atoms with van der Waals surface area (Å²) in [7, 11) is 0. The highest BCUT2D eigenvalue weighted by Crippen LogP contribution is 2.36. The topological polar surface area (TPSA) is 51.2 Å². The molecule has 0 saturated heterocycles. The summed E-state index contributed by atoms with van der Waals surface area (Å²) in [5.41, 5.74) is 1.70. The molecule has 1 saturated carbocycles. The van der Waals surface area contributed by atoms with E-state index in [4.69, 9.17) is 4.74 Å². The van der Waals surface area contributed by atoms with Gasteiger partial charge in [-0.05, 0) is 43.6 Å². The van der Waals surface area contributed by atoms with E-state index >= 15 is 0 Å². The van der Waals surface area contributed by atoms with Gasteiger partial charge in [-0.3, -0.25) is 0 Å². The van der Waals surface area contributed by atoms with Gasteiger partial charge in [0.25, 0.3) is 0 Å². The van der Waals surface area contributed by atoms with Crippen LogP contribution >= 0.6 is 11.5 Å². The van der Waals surface area contributed by atoms with E-state index in [-0.39, 0.29) is 5.97 Å². The molecule has 5 heteroatoms. The van der Waals surface area contributed by atoms with Crippen molar-refractivity contribution < 1.29 is 9.53 Å². The first-order chi connectivity index (χ1) is 9.56. The van der Waals surface area contributed by atoms with Crippen LogP contribution in [0.3, 0.4) is 0 Å². The van der Waals surface area contributed by atoms with Crippen LogP contribution in [-0.2, 0) is 4.74 Å². The van der Waals surface area contributed by atoms with Crippen molar-refractivity contribution in [3.63, 3.8) is 0 Å². The number of hydrogen-bond acceptors (Lipinski definition) is 5. The van der Waals surface area contributed by atoms with Crippen molar-refractivity contribution in [1.29, 1.82) is 0 Å². The van der Waals surface area contributed by atoms with Crippen molar-refractivity contribution in [2.75, 3.05) is 18.5 Å². The van der Waals surface area contributed by atoms with Crippen LogP contribution in [0.1, 0.15) is 62.0 Å². The van der Waals surface area contributed by atoms with E-state index in [9.17, 15) is 4.79 Å². The maximum Gasteiger partial charge on any atom is 0.343 e. The maximum atomic E-state index is 12.0. The molecule has 1 aromatic rings. The third-order valence-electron chi connectivity index (χ3n) is 4.08. The highest BCUT2D eigenvalue weighted by Gasteiger charge is 2.28. The Morgan fingerprint density at radius 2 is 2.10 bits per heavy atom. The van der Waals surface area contributed by atoms with E-state index in [1.165, 1.54) is 43.6 Å². The first kappa shape index (κ1) is 15.3. The molecule has 1 fully saturated rings. The quantitative estimate of drug-likeness (QED) is 0.834. The van der Waals surface area contributed by atoms with Crippen LogP contribution in [0.5, 0.6) is 0 Å². The molecule has 1 N–H and O–H groups in total. The second kappa shape index (κ2) is 6.57. The van der Waals surface area contributed by atoms with Crippen molar-refractivity contribution in [2.45, 2.75) is 52.9 Å². The number of rotatable bonds is 5. The zero-order chi connectivity index (χ0) is 14.6. The van der Waals surface area contributed by atoms with Crippen molar-refractivity contribution in [3.8, 4) is 0 Å². The molecule has 1 aliphatic carbocycles. The van der Waals surface area contributed by atoms with E-state index in [0.717, 1.165) is 17.2 Å². The van der Waals surface area contributed by atoms with Crippen LogP contribution in [0, 0.1) is 12.3 Å². The number of nitrogens with one attached hydrogen (secondary N) is 1. The summed E-state index contributed by atoms with van der Waals surface area (Å²) in [6.45, 7) is 7.31. The van der Waals surface area contributed by atoms with Crippen molar-refractivity contribution >= 4 is 22.5 Å². The molecule has 0 spiro atoms. The lowest BCUT2D eigenvalue weighted by Crippen LogP contribution is -2.29. The largest absolute Gasteiger partial charge is 0.462 e. The summed E-state index contributed by atoms with van der Waals surface area (Å²) in [6.07, 6.45) is 6.48. The summed E-state index contributed by atoms with van der Waals surface area (Å²) in [4.78, 5) is 12.0. The summed E-state index contributed by atoms with van der Waals surface area (Å²) in [5.74, 6) is -0.268. The smallest absolute Gasteiger partial charge is 0.343 e. The Bertz CT molecular complexity index is 464. The molecule has 2 rings (SSSR count). The summed E-state index contributed by atoms with van der Waals surface area (Å²) < 4.78 is 9.40. The molecule has 1 aliphatic rings. The highest BCUT2D eigenvalue weighted by molar-refractivity contribution is 7.10. The van der Waals surface area contributed by atoms with Gasteiger partial charge in [-0.15, -0.1) is 0 Å². The van der Waals surface area contributed by atoms with Crippen LogP contribution in [0.4, 0.5) is 5.00 Å². The molecule has 1 heterocycles. The first-order valence-corrected chi connectivity index (χ1v) is 8.20. The number of carbonyl (C=O) groups excluding carboxylic acids is 1. The van der Waals surface area contributed by atoms with Gasteiger partial charge in [-0.2, -0.15) is 4.37 Å². The van der Waals surface area contributed by atoms with E-state index in [0.29, 0.717) is 17.6 Å². The molecule has 0 aromatic carbocycles. The molecule has 0 amide bonds. The van der Waals surface area contributed by atoms with Crippen LogP contribution in [0.2, 0.25) is 0 Å². The van der Waals surface area contributed by atoms with Crippen LogP contribution < -0.4 is 5.32 Å². The summed E-state index contributed by atoms with van der Waals surface area (Å²) >= 11 is 1.36. The molecule has 0 bridgehead atoms. The third-order valence-corrected chi connectivity index (χ3v) is 4.97. The van der Waals surface area contributed by atoms with Gasteiger partial charge in [0.15, 0.2) is 0 Å². The average molecular weight is 296 g/mol. The number of carbonyl (C=O) groups is 1. The van der Waals surface area contributed by atoms with Gasteiger partial charge in [-0.25, -0.2) is 4.79 Å². The number of hydrogen-bond donors (Lipinski definition) is 1. The lowest BCUT2D eigenvalue weighted by Gasteiger charge is -2.33. The SMILES string of the molecule is CCOC(=O)c1c(C)nsc1NCC1(C)CCCCC1. The molecule has 0 radical (unpaired) electrons. The van der Waals surface area contributed by atoms with Crippen LogP contribution in [0.25, 0.3) is 0 Å². The Morgan fingerprint density at radius 3 is 2.75 bits per heavy atom. The minimum Gasteiger partial charge on any atom is -0.462 e. The molecule has 4 nitrogen and oxygen atoms in total. The van der Waals surface area contributed by atoms with Crippen molar-refractivity contribution in [3.05, 3.63) is 11.3 Å². The van der Waals surface area contributed by atoms with Gasteiger partial charge in [0, 0.05) is 6.54 Å². The number of anilines is 1. The zero-order valence-electron chi connectivity index (χ0n) is 12.6. The predicted octanol–water partition coefficient (Wildman–Crippen LogP) is 4.01. The Balaban J connectivity index is 2.04. The summed E-state index contributed by atoms with van der Waals surface area (Å²) in [6, 6.07) is 0. The van der Waals surface area contributed by atoms with Gasteiger partial charge in [-0.1, -0.05) is 26.2 Å². The molecule has 20 heavy (non-hydrogen) atoms. The Hall–Kier alpha value is -1.10. The van der Waals surface area contributed by atoms with E-state index in [1.807, 2.05) is 13.8 Å². The third kappa shape index (κ3) is 3.51. The standard InChI is InChI=1S/C15H24N2O2S/c1-4-19-14(18)12-11(2)17-20-13(12)16-10-15(3)8-6-5-7-9-15/h16H,4-10H2,1-3H3. The monoisotopic (exact) mass is 296 g/mol. The van der Waals surface area contributed by atoms with Crippen LogP contribution in [-0.4, -0.2) is 23.5 Å². The average Bonchev–Trinajstić information content (AvgIpc) is 2.79. The lowest BCUT2D eigenvalue weighted by molar-refractivity contribution is 0.0527. The first-order valence-electron chi connectivity index (χ1n) is 7.43. The molecular weight excluding hydrogens is 272 g/mol.